The van der Waals surface area contributed by atoms with Gasteiger partial charge in [0.2, 0.25) is 0 Å². The van der Waals surface area contributed by atoms with E-state index in [2.05, 4.69) is 5.32 Å². The van der Waals surface area contributed by atoms with E-state index < -0.39 is 0 Å². The Morgan fingerprint density at radius 2 is 1.50 bits per heavy atom. The minimum atomic E-state index is 0.0522. The molecule has 0 saturated carbocycles. The van der Waals surface area contributed by atoms with E-state index in [4.69, 9.17) is 5.73 Å². The Bertz CT molecular complexity index is 900. The van der Waals surface area contributed by atoms with Gasteiger partial charge in [-0.1, -0.05) is 36.4 Å². The molecule has 0 aromatic heterocycles. The monoisotopic (exact) mass is 316 g/mol. The van der Waals surface area contributed by atoms with E-state index in [1.807, 2.05) is 80.6 Å². The van der Waals surface area contributed by atoms with E-state index in [1.165, 1.54) is 0 Å². The molecule has 0 bridgehead atoms. The van der Waals surface area contributed by atoms with Crippen LogP contribution in [0.4, 0.5) is 17.1 Å². The summed E-state index contributed by atoms with van der Waals surface area (Å²) in [7, 11) is 0. The molecule has 0 saturated heterocycles. The van der Waals surface area contributed by atoms with E-state index in [0.717, 1.165) is 33.6 Å². The molecule has 3 nitrogen and oxygen atoms in total. The lowest BCUT2D eigenvalue weighted by Gasteiger charge is -2.12. The van der Waals surface area contributed by atoms with Crippen molar-refractivity contribution in [3.05, 3.63) is 89.0 Å². The molecule has 3 N–H and O–H groups in total. The fourth-order valence-electron chi connectivity index (χ4n) is 2.74. The van der Waals surface area contributed by atoms with Gasteiger partial charge in [0, 0.05) is 16.8 Å². The maximum Gasteiger partial charge on any atom is 0.193 e. The van der Waals surface area contributed by atoms with E-state index in [0.29, 0.717) is 5.69 Å². The van der Waals surface area contributed by atoms with Crippen LogP contribution >= 0.6 is 0 Å². The van der Waals surface area contributed by atoms with Crippen LogP contribution in [0, 0.1) is 13.8 Å². The first-order valence-electron chi connectivity index (χ1n) is 7.89. The van der Waals surface area contributed by atoms with Gasteiger partial charge in [0.15, 0.2) is 5.78 Å². The summed E-state index contributed by atoms with van der Waals surface area (Å²) in [5.41, 5.74) is 11.8. The number of nitrogen functional groups attached to an aromatic ring is 1. The molecule has 3 rings (SSSR count). The lowest BCUT2D eigenvalue weighted by Crippen LogP contribution is -2.06. The lowest BCUT2D eigenvalue weighted by atomic mass is 9.96. The first-order chi connectivity index (χ1) is 11.6. The maximum absolute atomic E-state index is 12.8. The number of hydrogen-bond acceptors (Lipinski definition) is 3. The Kier molecular flexibility index (Phi) is 4.34. The molecular weight excluding hydrogens is 296 g/mol. The number of carbonyl (C=O) groups is 1. The second kappa shape index (κ2) is 6.59. The van der Waals surface area contributed by atoms with Crippen LogP contribution in [-0.2, 0) is 0 Å². The van der Waals surface area contributed by atoms with Crippen molar-refractivity contribution < 1.29 is 4.79 Å². The van der Waals surface area contributed by atoms with Crippen molar-refractivity contribution in [3.8, 4) is 0 Å². The highest BCUT2D eigenvalue weighted by Gasteiger charge is 2.14. The Labute approximate surface area is 142 Å². The summed E-state index contributed by atoms with van der Waals surface area (Å²) in [6.45, 7) is 3.90. The summed E-state index contributed by atoms with van der Waals surface area (Å²) in [5, 5.41) is 3.29. The first-order valence-corrected chi connectivity index (χ1v) is 7.89. The molecule has 120 valence electrons. The van der Waals surface area contributed by atoms with Crippen LogP contribution in [0.5, 0.6) is 0 Å². The van der Waals surface area contributed by atoms with E-state index in [1.54, 1.807) is 0 Å². The number of ketones is 1. The van der Waals surface area contributed by atoms with Gasteiger partial charge in [-0.2, -0.15) is 0 Å². The van der Waals surface area contributed by atoms with Gasteiger partial charge >= 0.3 is 0 Å². The molecule has 0 aliphatic carbocycles. The lowest BCUT2D eigenvalue weighted by molar-refractivity contribution is 0.103. The minimum Gasteiger partial charge on any atom is -0.397 e. The van der Waals surface area contributed by atoms with Crippen LogP contribution < -0.4 is 11.1 Å². The topological polar surface area (TPSA) is 55.1 Å². The van der Waals surface area contributed by atoms with Crippen LogP contribution in [0.1, 0.15) is 27.0 Å². The van der Waals surface area contributed by atoms with E-state index >= 15 is 0 Å². The smallest absolute Gasteiger partial charge is 0.193 e. The molecule has 0 spiro atoms. The van der Waals surface area contributed by atoms with Crippen molar-refractivity contribution in [1.29, 1.82) is 0 Å². The number of carbonyl (C=O) groups excluding carboxylic acids is 1. The zero-order valence-corrected chi connectivity index (χ0v) is 13.8. The fourth-order valence-corrected chi connectivity index (χ4v) is 2.74. The van der Waals surface area contributed by atoms with Crippen LogP contribution in [-0.4, -0.2) is 5.78 Å². The number of benzene rings is 3. The molecule has 0 unspecified atom stereocenters. The average Bonchev–Trinajstić information content (AvgIpc) is 2.57. The summed E-state index contributed by atoms with van der Waals surface area (Å²) in [5.74, 6) is 0.0522. The molecule has 0 amide bonds. The van der Waals surface area contributed by atoms with Gasteiger partial charge in [-0.25, -0.2) is 0 Å². The molecule has 3 aromatic carbocycles. The third kappa shape index (κ3) is 3.15. The summed E-state index contributed by atoms with van der Waals surface area (Å²) < 4.78 is 0. The number of hydrogen-bond donors (Lipinski definition) is 2. The predicted molar refractivity (Wildman–Crippen MR) is 99.9 cm³/mol. The Morgan fingerprint density at radius 1 is 0.833 bits per heavy atom. The van der Waals surface area contributed by atoms with Crippen molar-refractivity contribution in [1.82, 2.24) is 0 Å². The second-order valence-corrected chi connectivity index (χ2v) is 5.89. The molecule has 3 aromatic rings. The third-order valence-corrected chi connectivity index (χ3v) is 4.10. The number of anilines is 3. The minimum absolute atomic E-state index is 0.0522. The molecule has 0 aliphatic heterocycles. The van der Waals surface area contributed by atoms with Gasteiger partial charge in [0.05, 0.1) is 11.4 Å². The second-order valence-electron chi connectivity index (χ2n) is 5.89. The Balaban J connectivity index is 1.89. The van der Waals surface area contributed by atoms with Crippen molar-refractivity contribution in [2.24, 2.45) is 0 Å². The number of rotatable bonds is 4. The van der Waals surface area contributed by atoms with E-state index in [-0.39, 0.29) is 5.78 Å². The molecular formula is C21H20N2O. The molecule has 24 heavy (non-hydrogen) atoms. The summed E-state index contributed by atoms with van der Waals surface area (Å²) in [4.78, 5) is 12.8. The molecule has 0 radical (unpaired) electrons. The SMILES string of the molecule is Cc1ccccc1C(=O)c1ccc(Nc2ccccc2N)cc1C. The highest BCUT2D eigenvalue weighted by Crippen LogP contribution is 2.25. The van der Waals surface area contributed by atoms with Gasteiger partial charge in [0.25, 0.3) is 0 Å². The molecule has 3 heteroatoms. The highest BCUT2D eigenvalue weighted by atomic mass is 16.1. The summed E-state index contributed by atoms with van der Waals surface area (Å²) >= 11 is 0. The number of nitrogens with one attached hydrogen (secondary N) is 1. The van der Waals surface area contributed by atoms with Crippen LogP contribution in [0.25, 0.3) is 0 Å². The van der Waals surface area contributed by atoms with Crippen molar-refractivity contribution in [3.63, 3.8) is 0 Å². The van der Waals surface area contributed by atoms with Gasteiger partial charge in [0.1, 0.15) is 0 Å². The predicted octanol–water partition coefficient (Wildman–Crippen LogP) is 4.86. The third-order valence-electron chi connectivity index (χ3n) is 4.10. The largest absolute Gasteiger partial charge is 0.397 e. The molecule has 0 heterocycles. The van der Waals surface area contributed by atoms with Crippen molar-refractivity contribution in [2.75, 3.05) is 11.1 Å². The molecule has 0 aliphatic rings. The van der Waals surface area contributed by atoms with Gasteiger partial charge in [-0.3, -0.25) is 4.79 Å². The zero-order chi connectivity index (χ0) is 17.1. The Morgan fingerprint density at radius 3 is 2.21 bits per heavy atom. The van der Waals surface area contributed by atoms with E-state index in [9.17, 15) is 4.79 Å². The van der Waals surface area contributed by atoms with Crippen LogP contribution in [0.15, 0.2) is 66.7 Å². The van der Waals surface area contributed by atoms with Crippen LogP contribution in [0.3, 0.4) is 0 Å². The zero-order valence-electron chi connectivity index (χ0n) is 13.8. The highest BCUT2D eigenvalue weighted by molar-refractivity contribution is 6.11. The normalized spacial score (nSPS) is 10.4. The van der Waals surface area contributed by atoms with Crippen molar-refractivity contribution in [2.45, 2.75) is 13.8 Å². The standard InChI is InChI=1S/C21H20N2O/c1-14-7-3-4-8-17(14)21(24)18-12-11-16(13-15(18)2)23-20-10-6-5-9-19(20)22/h3-13,23H,22H2,1-2H3. The van der Waals surface area contributed by atoms with Crippen LogP contribution in [0.2, 0.25) is 0 Å². The van der Waals surface area contributed by atoms with Gasteiger partial charge < -0.3 is 11.1 Å². The maximum atomic E-state index is 12.8. The van der Waals surface area contributed by atoms with Gasteiger partial charge in [-0.15, -0.1) is 0 Å². The average molecular weight is 316 g/mol. The number of nitrogens with two attached hydrogens (primary N) is 1. The summed E-state index contributed by atoms with van der Waals surface area (Å²) in [6, 6.07) is 21.0. The molecule has 0 fully saturated rings. The number of para-hydroxylation sites is 2. The Hall–Kier alpha value is -3.07. The van der Waals surface area contributed by atoms with Gasteiger partial charge in [-0.05, 0) is 55.3 Å². The van der Waals surface area contributed by atoms with Crippen molar-refractivity contribution >= 4 is 22.8 Å². The quantitative estimate of drug-likeness (QED) is 0.534. The fraction of sp³-hybridized carbons (Fsp3) is 0.0952. The molecule has 0 atom stereocenters. The summed E-state index contributed by atoms with van der Waals surface area (Å²) in [6.07, 6.45) is 0. The first kappa shape index (κ1) is 15.8. The number of aryl methyl sites for hydroxylation is 2.